The van der Waals surface area contributed by atoms with Crippen LogP contribution in [0.1, 0.15) is 33.1 Å². The Hall–Kier alpha value is -1.84. The average Bonchev–Trinajstić information content (AvgIpc) is 2.90. The number of esters is 1. The van der Waals surface area contributed by atoms with Crippen LogP contribution in [0.25, 0.3) is 0 Å². The SMILES string of the molecule is C=C=CC(=O)O[C@@H]1C[C@H]2CC[C@]1(CS(=O)(=O)c1ccccc1)C2(C)C. The Kier molecular flexibility index (Phi) is 4.42. The fraction of sp³-hybridized carbons (Fsp3) is 0.500. The van der Waals surface area contributed by atoms with Gasteiger partial charge in [0.05, 0.1) is 16.7 Å². The molecule has 3 rings (SSSR count). The van der Waals surface area contributed by atoms with Crippen molar-refractivity contribution in [2.75, 3.05) is 5.75 Å². The number of hydrogen-bond acceptors (Lipinski definition) is 4. The van der Waals surface area contributed by atoms with E-state index in [1.54, 1.807) is 30.3 Å². The molecule has 2 bridgehead atoms. The molecule has 1 aromatic rings. The lowest BCUT2D eigenvalue weighted by atomic mass is 9.69. The minimum atomic E-state index is -3.47. The Morgan fingerprint density at radius 2 is 2.04 bits per heavy atom. The van der Waals surface area contributed by atoms with Gasteiger partial charge in [0, 0.05) is 5.41 Å². The smallest absolute Gasteiger partial charge is 0.338 e. The van der Waals surface area contributed by atoms with E-state index in [0.29, 0.717) is 17.2 Å². The van der Waals surface area contributed by atoms with Crippen LogP contribution in [-0.4, -0.2) is 26.2 Å². The van der Waals surface area contributed by atoms with Crippen molar-refractivity contribution in [3.8, 4) is 0 Å². The Morgan fingerprint density at radius 1 is 1.36 bits per heavy atom. The van der Waals surface area contributed by atoms with Crippen LogP contribution in [0.15, 0.2) is 53.6 Å². The summed E-state index contributed by atoms with van der Waals surface area (Å²) in [5, 5.41) is 0. The molecular formula is C20H24O4S. The van der Waals surface area contributed by atoms with Crippen LogP contribution in [-0.2, 0) is 19.4 Å². The number of fused-ring (bicyclic) bond motifs is 2. The fourth-order valence-corrected chi connectivity index (χ4v) is 6.93. The minimum Gasteiger partial charge on any atom is -0.458 e. The average molecular weight is 360 g/mol. The molecule has 25 heavy (non-hydrogen) atoms. The molecule has 1 aromatic carbocycles. The molecule has 3 atom stereocenters. The van der Waals surface area contributed by atoms with Crippen molar-refractivity contribution in [1.29, 1.82) is 0 Å². The van der Waals surface area contributed by atoms with Crippen molar-refractivity contribution in [2.45, 2.75) is 44.1 Å². The summed E-state index contributed by atoms with van der Waals surface area (Å²) in [6.45, 7) is 7.62. The van der Waals surface area contributed by atoms with Gasteiger partial charge in [-0.1, -0.05) is 38.6 Å². The Labute approximate surface area is 149 Å². The van der Waals surface area contributed by atoms with Crippen molar-refractivity contribution >= 4 is 15.8 Å². The van der Waals surface area contributed by atoms with Gasteiger partial charge in [0.2, 0.25) is 0 Å². The van der Waals surface area contributed by atoms with Crippen LogP contribution < -0.4 is 0 Å². The third kappa shape index (κ3) is 2.86. The molecule has 0 unspecified atom stereocenters. The van der Waals surface area contributed by atoms with Gasteiger partial charge in [-0.05, 0) is 42.7 Å². The summed E-state index contributed by atoms with van der Waals surface area (Å²) in [7, 11) is -3.47. The second kappa shape index (κ2) is 6.15. The molecule has 2 aliphatic carbocycles. The number of carbonyl (C=O) groups excluding carboxylic acids is 1. The van der Waals surface area contributed by atoms with Gasteiger partial charge in [0.15, 0.2) is 9.84 Å². The van der Waals surface area contributed by atoms with Gasteiger partial charge in [0.25, 0.3) is 0 Å². The number of sulfone groups is 1. The van der Waals surface area contributed by atoms with Crippen LogP contribution in [0.4, 0.5) is 0 Å². The molecule has 0 spiro atoms. The predicted octanol–water partition coefficient (Wildman–Crippen LogP) is 3.54. The van der Waals surface area contributed by atoms with Crippen LogP contribution in [0, 0.1) is 16.7 Å². The largest absolute Gasteiger partial charge is 0.458 e. The van der Waals surface area contributed by atoms with Crippen molar-refractivity contribution in [1.82, 2.24) is 0 Å². The van der Waals surface area contributed by atoms with Crippen LogP contribution in [0.3, 0.4) is 0 Å². The number of benzene rings is 1. The van der Waals surface area contributed by atoms with Gasteiger partial charge in [-0.2, -0.15) is 0 Å². The lowest BCUT2D eigenvalue weighted by molar-refractivity contribution is -0.150. The first kappa shape index (κ1) is 18.0. The molecule has 0 aliphatic heterocycles. The maximum Gasteiger partial charge on any atom is 0.338 e. The fourth-order valence-electron chi connectivity index (χ4n) is 4.81. The van der Waals surface area contributed by atoms with Crippen molar-refractivity contribution in [2.24, 2.45) is 16.7 Å². The molecule has 5 heteroatoms. The zero-order valence-electron chi connectivity index (χ0n) is 14.7. The molecule has 0 radical (unpaired) electrons. The van der Waals surface area contributed by atoms with Crippen LogP contribution in [0.2, 0.25) is 0 Å². The minimum absolute atomic E-state index is 0.00324. The summed E-state index contributed by atoms with van der Waals surface area (Å²) in [6.07, 6.45) is 3.22. The third-order valence-corrected chi connectivity index (χ3v) is 8.27. The maximum absolute atomic E-state index is 13.0. The molecule has 0 heterocycles. The third-order valence-electron chi connectivity index (χ3n) is 6.39. The summed E-state index contributed by atoms with van der Waals surface area (Å²) < 4.78 is 31.7. The van der Waals surface area contributed by atoms with Crippen LogP contribution in [0.5, 0.6) is 0 Å². The van der Waals surface area contributed by atoms with Gasteiger partial charge >= 0.3 is 5.97 Å². The highest BCUT2D eigenvalue weighted by atomic mass is 32.2. The summed E-state index contributed by atoms with van der Waals surface area (Å²) in [5.74, 6) is -0.132. The number of carbonyl (C=O) groups is 1. The van der Waals surface area contributed by atoms with E-state index in [9.17, 15) is 13.2 Å². The van der Waals surface area contributed by atoms with E-state index in [1.165, 1.54) is 6.08 Å². The Balaban J connectivity index is 1.97. The van der Waals surface area contributed by atoms with E-state index in [0.717, 1.165) is 12.8 Å². The second-order valence-corrected chi connectivity index (χ2v) is 9.68. The first-order valence-electron chi connectivity index (χ1n) is 8.57. The summed E-state index contributed by atoms with van der Waals surface area (Å²) >= 11 is 0. The van der Waals surface area contributed by atoms with Gasteiger partial charge in [-0.3, -0.25) is 0 Å². The topological polar surface area (TPSA) is 60.4 Å². The van der Waals surface area contributed by atoms with Crippen molar-refractivity contribution in [3.63, 3.8) is 0 Å². The van der Waals surface area contributed by atoms with E-state index in [2.05, 4.69) is 26.2 Å². The molecule has 2 aliphatic rings. The van der Waals surface area contributed by atoms with Crippen LogP contribution >= 0.6 is 0 Å². The Bertz CT molecular complexity index is 819. The standard InChI is InChI=1S/C20H24O4S/c1-4-8-18(21)24-17-13-15-11-12-20(17,19(15,2)3)14-25(22,23)16-9-6-5-7-10-16/h5-10,15,17H,1,11-14H2,2-3H3/t15-,17-,20-/m1/s1. The molecule has 0 saturated heterocycles. The molecule has 2 saturated carbocycles. The van der Waals surface area contributed by atoms with Gasteiger partial charge in [-0.25, -0.2) is 13.2 Å². The van der Waals surface area contributed by atoms with Gasteiger partial charge in [0.1, 0.15) is 6.10 Å². The lowest BCUT2D eigenvalue weighted by Crippen LogP contribution is -2.46. The van der Waals surface area contributed by atoms with Crippen molar-refractivity contribution in [3.05, 3.63) is 48.7 Å². The van der Waals surface area contributed by atoms with Gasteiger partial charge < -0.3 is 4.74 Å². The Morgan fingerprint density at radius 3 is 2.64 bits per heavy atom. The van der Waals surface area contributed by atoms with Gasteiger partial charge in [-0.15, -0.1) is 5.73 Å². The highest BCUT2D eigenvalue weighted by Gasteiger charge is 2.66. The predicted molar refractivity (Wildman–Crippen MR) is 95.6 cm³/mol. The second-order valence-electron chi connectivity index (χ2n) is 7.70. The number of ether oxygens (including phenoxy) is 1. The van der Waals surface area contributed by atoms with E-state index < -0.39 is 27.3 Å². The molecule has 4 nitrogen and oxygen atoms in total. The first-order chi connectivity index (χ1) is 11.7. The van der Waals surface area contributed by atoms with Crippen molar-refractivity contribution < 1.29 is 17.9 Å². The molecule has 2 fully saturated rings. The summed E-state index contributed by atoms with van der Waals surface area (Å²) in [5.41, 5.74) is 1.67. The zero-order chi connectivity index (χ0) is 18.3. The first-order valence-corrected chi connectivity index (χ1v) is 10.2. The molecular weight excluding hydrogens is 336 g/mol. The number of rotatable bonds is 5. The maximum atomic E-state index is 13.0. The zero-order valence-corrected chi connectivity index (χ0v) is 15.5. The summed E-state index contributed by atoms with van der Waals surface area (Å²) in [4.78, 5) is 12.3. The molecule has 0 aromatic heterocycles. The number of hydrogen-bond donors (Lipinski definition) is 0. The highest BCUT2D eigenvalue weighted by Crippen LogP contribution is 2.67. The van der Waals surface area contributed by atoms with E-state index in [-0.39, 0.29) is 11.2 Å². The van der Waals surface area contributed by atoms with E-state index in [4.69, 9.17) is 4.74 Å². The van der Waals surface area contributed by atoms with E-state index in [1.807, 2.05) is 0 Å². The van der Waals surface area contributed by atoms with E-state index >= 15 is 0 Å². The summed E-state index contributed by atoms with van der Waals surface area (Å²) in [6, 6.07) is 8.51. The highest BCUT2D eigenvalue weighted by molar-refractivity contribution is 7.91. The monoisotopic (exact) mass is 360 g/mol. The lowest BCUT2D eigenvalue weighted by Gasteiger charge is -2.41. The molecule has 134 valence electrons. The normalized spacial score (nSPS) is 29.8. The quantitative estimate of drug-likeness (QED) is 0.458. The molecule has 0 N–H and O–H groups in total. The molecule has 0 amide bonds.